The fourth-order valence-corrected chi connectivity index (χ4v) is 1.40. The molecule has 0 aliphatic rings. The highest BCUT2D eigenvalue weighted by Gasteiger charge is 2.04. The first-order valence-corrected chi connectivity index (χ1v) is 5.88. The number of carbonyl (C=O) groups excluding carboxylic acids is 2. The summed E-state index contributed by atoms with van der Waals surface area (Å²) >= 11 is 3.30. The van der Waals surface area contributed by atoms with Crippen molar-refractivity contribution in [2.45, 2.75) is 0 Å². The van der Waals surface area contributed by atoms with Crippen LogP contribution >= 0.6 is 28.3 Å². The molecule has 0 heterocycles. The number of halogens is 2. The fourth-order valence-electron chi connectivity index (χ4n) is 1.14. The average molecular weight is 337 g/mol. The summed E-state index contributed by atoms with van der Waals surface area (Å²) in [5.41, 5.74) is 0.695. The third kappa shape index (κ3) is 6.58. The smallest absolute Gasteiger partial charge is 0.243 e. The lowest BCUT2D eigenvalue weighted by atomic mass is 10.3. The summed E-state index contributed by atoms with van der Waals surface area (Å²) in [6, 6.07) is 7.21. The molecular weight excluding hydrogens is 321 g/mol. The van der Waals surface area contributed by atoms with E-state index in [0.29, 0.717) is 5.69 Å². The molecule has 0 bridgehead atoms. The molecule has 0 atom stereocenters. The van der Waals surface area contributed by atoms with E-state index < -0.39 is 0 Å². The van der Waals surface area contributed by atoms with E-state index in [4.69, 9.17) is 0 Å². The number of benzene rings is 1. The maximum absolute atomic E-state index is 11.4. The van der Waals surface area contributed by atoms with E-state index >= 15 is 0 Å². The highest BCUT2D eigenvalue weighted by molar-refractivity contribution is 9.10. The van der Waals surface area contributed by atoms with Crippen LogP contribution in [0.1, 0.15) is 0 Å². The van der Waals surface area contributed by atoms with Crippen LogP contribution in [-0.2, 0) is 9.59 Å². The van der Waals surface area contributed by atoms with E-state index in [9.17, 15) is 9.59 Å². The van der Waals surface area contributed by atoms with E-state index in [1.807, 2.05) is 12.1 Å². The van der Waals surface area contributed by atoms with Crippen LogP contribution in [0.3, 0.4) is 0 Å². The van der Waals surface area contributed by atoms with Crippen LogP contribution in [-0.4, -0.2) is 32.0 Å². The monoisotopic (exact) mass is 335 g/mol. The van der Waals surface area contributed by atoms with Crippen LogP contribution in [0.15, 0.2) is 28.7 Å². The van der Waals surface area contributed by atoms with Crippen LogP contribution in [0.25, 0.3) is 0 Å². The minimum atomic E-state index is -0.253. The number of amides is 2. The zero-order valence-corrected chi connectivity index (χ0v) is 12.2. The number of carbonyl (C=O) groups is 2. The van der Waals surface area contributed by atoms with Gasteiger partial charge in [0.1, 0.15) is 0 Å². The van der Waals surface area contributed by atoms with E-state index in [1.54, 1.807) is 19.2 Å². The van der Waals surface area contributed by atoms with Gasteiger partial charge in [-0.05, 0) is 31.3 Å². The van der Waals surface area contributed by atoms with Crippen molar-refractivity contribution in [1.82, 2.24) is 10.6 Å². The predicted octanol–water partition coefficient (Wildman–Crippen LogP) is 1.14. The Kier molecular flexibility index (Phi) is 8.36. The van der Waals surface area contributed by atoms with Gasteiger partial charge in [0.25, 0.3) is 0 Å². The van der Waals surface area contributed by atoms with Crippen LogP contribution in [0.4, 0.5) is 5.69 Å². The molecule has 2 amide bonds. The lowest BCUT2D eigenvalue weighted by molar-refractivity contribution is -0.123. The summed E-state index contributed by atoms with van der Waals surface area (Å²) in [6.07, 6.45) is 0. The fraction of sp³-hybridized carbons (Fsp3) is 0.273. The lowest BCUT2D eigenvalue weighted by Gasteiger charge is -2.06. The van der Waals surface area contributed by atoms with Crippen molar-refractivity contribution in [3.8, 4) is 0 Å². The van der Waals surface area contributed by atoms with Crippen LogP contribution in [0, 0.1) is 0 Å². The van der Waals surface area contributed by atoms with Gasteiger partial charge in [0.2, 0.25) is 11.8 Å². The summed E-state index contributed by atoms with van der Waals surface area (Å²) in [6.45, 7) is 0.169. The molecular formula is C11H15BrClN3O2. The molecule has 0 aliphatic heterocycles. The van der Waals surface area contributed by atoms with Crippen molar-refractivity contribution >= 4 is 45.8 Å². The Bertz CT molecular complexity index is 398. The third-order valence-electron chi connectivity index (χ3n) is 1.91. The molecule has 0 aliphatic carbocycles. The van der Waals surface area contributed by atoms with Gasteiger partial charge in [0.05, 0.1) is 13.1 Å². The van der Waals surface area contributed by atoms with Gasteiger partial charge < -0.3 is 16.0 Å². The topological polar surface area (TPSA) is 70.2 Å². The van der Waals surface area contributed by atoms with Gasteiger partial charge in [-0.2, -0.15) is 0 Å². The molecule has 7 heteroatoms. The summed E-state index contributed by atoms with van der Waals surface area (Å²) in [4.78, 5) is 22.5. The molecule has 18 heavy (non-hydrogen) atoms. The van der Waals surface area contributed by atoms with E-state index in [0.717, 1.165) is 4.47 Å². The first kappa shape index (κ1) is 16.9. The van der Waals surface area contributed by atoms with Crippen molar-refractivity contribution in [1.29, 1.82) is 0 Å². The maximum Gasteiger partial charge on any atom is 0.243 e. The van der Waals surface area contributed by atoms with Crippen molar-refractivity contribution < 1.29 is 9.59 Å². The predicted molar refractivity (Wildman–Crippen MR) is 77.0 cm³/mol. The Hall–Kier alpha value is -1.11. The molecule has 3 N–H and O–H groups in total. The second kappa shape index (κ2) is 8.91. The second-order valence-electron chi connectivity index (χ2n) is 3.36. The number of likely N-dealkylation sites (N-methyl/N-ethyl adjacent to an activating group) is 1. The molecule has 1 rings (SSSR count). The molecule has 1 aromatic rings. The summed E-state index contributed by atoms with van der Waals surface area (Å²) in [5, 5.41) is 7.86. The molecule has 1 aromatic carbocycles. The normalized spacial score (nSPS) is 9.22. The third-order valence-corrected chi connectivity index (χ3v) is 2.44. The first-order chi connectivity index (χ1) is 8.11. The molecule has 0 saturated heterocycles. The van der Waals surface area contributed by atoms with Crippen LogP contribution < -0.4 is 16.0 Å². The SMILES string of the molecule is CNCC(=O)NCC(=O)Nc1ccc(Br)cc1.Cl. The second-order valence-corrected chi connectivity index (χ2v) is 4.28. The Morgan fingerprint density at radius 2 is 1.72 bits per heavy atom. The van der Waals surface area contributed by atoms with Crippen molar-refractivity contribution in [2.75, 3.05) is 25.5 Å². The van der Waals surface area contributed by atoms with Gasteiger partial charge in [0, 0.05) is 10.2 Å². The quantitative estimate of drug-likeness (QED) is 0.755. The van der Waals surface area contributed by atoms with Crippen LogP contribution in [0.2, 0.25) is 0 Å². The molecule has 0 unspecified atom stereocenters. The van der Waals surface area contributed by atoms with Gasteiger partial charge >= 0.3 is 0 Å². The maximum atomic E-state index is 11.4. The number of hydrogen-bond acceptors (Lipinski definition) is 3. The highest BCUT2D eigenvalue weighted by atomic mass is 79.9. The van der Waals surface area contributed by atoms with Gasteiger partial charge in [-0.1, -0.05) is 15.9 Å². The summed E-state index contributed by atoms with van der Waals surface area (Å²) < 4.78 is 0.942. The Morgan fingerprint density at radius 1 is 1.11 bits per heavy atom. The molecule has 0 saturated carbocycles. The van der Waals surface area contributed by atoms with Gasteiger partial charge in [-0.3, -0.25) is 9.59 Å². The molecule has 5 nitrogen and oxygen atoms in total. The average Bonchev–Trinajstić information content (AvgIpc) is 2.30. The molecule has 0 radical (unpaired) electrons. The minimum absolute atomic E-state index is 0. The number of hydrogen-bond donors (Lipinski definition) is 3. The minimum Gasteiger partial charge on any atom is -0.346 e. The highest BCUT2D eigenvalue weighted by Crippen LogP contribution is 2.13. The zero-order valence-electron chi connectivity index (χ0n) is 9.83. The lowest BCUT2D eigenvalue weighted by Crippen LogP contribution is -2.37. The first-order valence-electron chi connectivity index (χ1n) is 5.08. The zero-order chi connectivity index (χ0) is 12.7. The van der Waals surface area contributed by atoms with Crippen molar-refractivity contribution in [3.63, 3.8) is 0 Å². The van der Waals surface area contributed by atoms with Crippen LogP contribution in [0.5, 0.6) is 0 Å². The largest absolute Gasteiger partial charge is 0.346 e. The molecule has 100 valence electrons. The standard InChI is InChI=1S/C11H14BrN3O2.ClH/c1-13-6-10(16)14-7-11(17)15-9-4-2-8(12)3-5-9;/h2-5,13H,6-7H2,1H3,(H,14,16)(H,15,17);1H. The summed E-state index contributed by atoms with van der Waals surface area (Å²) in [7, 11) is 1.67. The summed E-state index contributed by atoms with van der Waals surface area (Å²) in [5.74, 6) is -0.463. The van der Waals surface area contributed by atoms with Gasteiger partial charge in [-0.15, -0.1) is 12.4 Å². The van der Waals surface area contributed by atoms with Gasteiger partial charge in [0.15, 0.2) is 0 Å². The number of rotatable bonds is 5. The molecule has 0 fully saturated rings. The number of nitrogens with one attached hydrogen (secondary N) is 3. The van der Waals surface area contributed by atoms with Crippen molar-refractivity contribution in [2.24, 2.45) is 0 Å². The Balaban J connectivity index is 0.00000289. The van der Waals surface area contributed by atoms with E-state index in [2.05, 4.69) is 31.9 Å². The van der Waals surface area contributed by atoms with Crippen molar-refractivity contribution in [3.05, 3.63) is 28.7 Å². The molecule has 0 aromatic heterocycles. The van der Waals surface area contributed by atoms with E-state index in [1.165, 1.54) is 0 Å². The van der Waals surface area contributed by atoms with E-state index in [-0.39, 0.29) is 37.3 Å². The number of anilines is 1. The Labute approximate surface area is 120 Å². The Morgan fingerprint density at radius 3 is 2.28 bits per heavy atom. The van der Waals surface area contributed by atoms with Gasteiger partial charge in [-0.25, -0.2) is 0 Å². The molecule has 0 spiro atoms.